The minimum absolute atomic E-state index is 0.202. The summed E-state index contributed by atoms with van der Waals surface area (Å²) in [5, 5.41) is 0. The van der Waals surface area contributed by atoms with Gasteiger partial charge in [-0.25, -0.2) is 4.39 Å². The second-order valence-corrected chi connectivity index (χ2v) is 7.71. The van der Waals surface area contributed by atoms with Crippen LogP contribution in [0.4, 0.5) is 4.39 Å². The molecule has 0 bridgehead atoms. The molecule has 3 heteroatoms. The molecule has 2 aliphatic rings. The Morgan fingerprint density at radius 3 is 2.52 bits per heavy atom. The quantitative estimate of drug-likeness (QED) is 0.753. The van der Waals surface area contributed by atoms with Gasteiger partial charge in [0.25, 0.3) is 0 Å². The maximum atomic E-state index is 13.1. The van der Waals surface area contributed by atoms with Gasteiger partial charge in [-0.2, -0.15) is 0 Å². The predicted octanol–water partition coefficient (Wildman–Crippen LogP) is 5.32. The molecule has 4 rings (SSSR count). The highest BCUT2D eigenvalue weighted by molar-refractivity contribution is 5.60. The molecule has 25 heavy (non-hydrogen) atoms. The number of rotatable bonds is 3. The van der Waals surface area contributed by atoms with E-state index in [4.69, 9.17) is 4.98 Å². The topological polar surface area (TPSA) is 16.1 Å². The van der Waals surface area contributed by atoms with Crippen LogP contribution >= 0.6 is 0 Å². The van der Waals surface area contributed by atoms with E-state index in [1.807, 2.05) is 0 Å². The third-order valence-electron chi connectivity index (χ3n) is 6.03. The van der Waals surface area contributed by atoms with E-state index >= 15 is 0 Å². The van der Waals surface area contributed by atoms with Crippen molar-refractivity contribution in [1.82, 2.24) is 9.88 Å². The van der Waals surface area contributed by atoms with Crippen molar-refractivity contribution >= 4 is 0 Å². The van der Waals surface area contributed by atoms with Crippen molar-refractivity contribution in [2.45, 2.75) is 57.4 Å². The zero-order valence-electron chi connectivity index (χ0n) is 15.0. The lowest BCUT2D eigenvalue weighted by molar-refractivity contribution is 0.150. The Morgan fingerprint density at radius 2 is 1.80 bits per heavy atom. The molecule has 132 valence electrons. The van der Waals surface area contributed by atoms with Crippen LogP contribution in [0, 0.1) is 12.7 Å². The van der Waals surface area contributed by atoms with Crippen LogP contribution in [0.3, 0.4) is 0 Å². The van der Waals surface area contributed by atoms with Gasteiger partial charge in [0.05, 0.1) is 5.69 Å². The highest BCUT2D eigenvalue weighted by atomic mass is 19.1. The van der Waals surface area contributed by atoms with Crippen molar-refractivity contribution < 1.29 is 4.39 Å². The molecule has 0 spiro atoms. The predicted molar refractivity (Wildman–Crippen MR) is 100 cm³/mol. The third-order valence-corrected chi connectivity index (χ3v) is 6.03. The minimum atomic E-state index is -0.202. The van der Waals surface area contributed by atoms with Gasteiger partial charge in [-0.1, -0.05) is 12.8 Å². The fourth-order valence-electron chi connectivity index (χ4n) is 4.63. The molecule has 1 aliphatic carbocycles. The number of hydrogen-bond donors (Lipinski definition) is 0. The van der Waals surface area contributed by atoms with E-state index in [1.165, 1.54) is 74.9 Å². The van der Waals surface area contributed by atoms with E-state index in [0.29, 0.717) is 5.92 Å². The number of halogens is 1. The van der Waals surface area contributed by atoms with E-state index in [-0.39, 0.29) is 5.82 Å². The molecule has 1 aromatic heterocycles. The number of pyridine rings is 1. The molecule has 1 aliphatic heterocycles. The van der Waals surface area contributed by atoms with E-state index in [1.54, 1.807) is 12.1 Å². The van der Waals surface area contributed by atoms with Crippen molar-refractivity contribution in [3.05, 3.63) is 53.5 Å². The first-order valence-corrected chi connectivity index (χ1v) is 9.67. The Morgan fingerprint density at radius 1 is 1.04 bits per heavy atom. The molecule has 0 radical (unpaired) electrons. The van der Waals surface area contributed by atoms with Crippen molar-refractivity contribution in [3.63, 3.8) is 0 Å². The van der Waals surface area contributed by atoms with Crippen LogP contribution in [0.25, 0.3) is 11.3 Å². The highest BCUT2D eigenvalue weighted by Crippen LogP contribution is 2.34. The molecule has 1 aromatic carbocycles. The molecule has 1 unspecified atom stereocenters. The van der Waals surface area contributed by atoms with Gasteiger partial charge in [-0.3, -0.25) is 9.88 Å². The van der Waals surface area contributed by atoms with E-state index in [9.17, 15) is 4.39 Å². The normalized spacial score (nSPS) is 22.4. The van der Waals surface area contributed by atoms with Gasteiger partial charge in [0.15, 0.2) is 0 Å². The van der Waals surface area contributed by atoms with Crippen molar-refractivity contribution in [2.24, 2.45) is 0 Å². The van der Waals surface area contributed by atoms with Crippen LogP contribution < -0.4 is 0 Å². The molecule has 2 aromatic rings. The molecule has 0 amide bonds. The summed E-state index contributed by atoms with van der Waals surface area (Å²) in [6, 6.07) is 9.59. The summed E-state index contributed by atoms with van der Waals surface area (Å²) < 4.78 is 13.1. The van der Waals surface area contributed by atoms with Gasteiger partial charge in [-0.05, 0) is 86.5 Å². The number of aryl methyl sites for hydroxylation is 1. The van der Waals surface area contributed by atoms with E-state index in [0.717, 1.165) is 17.3 Å². The first-order chi connectivity index (χ1) is 12.2. The lowest BCUT2D eigenvalue weighted by Gasteiger charge is -2.37. The van der Waals surface area contributed by atoms with Crippen LogP contribution in [0.1, 0.15) is 55.6 Å². The Bertz CT molecular complexity index is 719. The molecule has 2 heterocycles. The molecular formula is C22H27FN2. The SMILES string of the molecule is Cc1cc(-c2ccc(F)cc2)ncc1C1CCCN(C2CCCC2)C1. The van der Waals surface area contributed by atoms with E-state index < -0.39 is 0 Å². The zero-order valence-corrected chi connectivity index (χ0v) is 15.0. The second kappa shape index (κ2) is 7.25. The number of hydrogen-bond acceptors (Lipinski definition) is 2. The fourth-order valence-corrected chi connectivity index (χ4v) is 4.63. The summed E-state index contributed by atoms with van der Waals surface area (Å²) in [5.41, 5.74) is 4.62. The smallest absolute Gasteiger partial charge is 0.123 e. The molecule has 1 saturated heterocycles. The summed E-state index contributed by atoms with van der Waals surface area (Å²) in [4.78, 5) is 7.43. The monoisotopic (exact) mass is 338 g/mol. The van der Waals surface area contributed by atoms with Crippen LogP contribution in [-0.4, -0.2) is 29.0 Å². The number of piperidine rings is 1. The first kappa shape index (κ1) is 16.7. The van der Waals surface area contributed by atoms with Crippen LogP contribution in [0.5, 0.6) is 0 Å². The molecule has 2 nitrogen and oxygen atoms in total. The van der Waals surface area contributed by atoms with Crippen LogP contribution in [0.2, 0.25) is 0 Å². The van der Waals surface area contributed by atoms with Crippen LogP contribution in [-0.2, 0) is 0 Å². The summed E-state index contributed by atoms with van der Waals surface area (Å²) in [6.45, 7) is 4.64. The second-order valence-electron chi connectivity index (χ2n) is 7.71. The van der Waals surface area contributed by atoms with Gasteiger partial charge in [0.2, 0.25) is 0 Å². The third kappa shape index (κ3) is 3.62. The van der Waals surface area contributed by atoms with E-state index in [2.05, 4.69) is 24.1 Å². The number of nitrogens with zero attached hydrogens (tertiary/aromatic N) is 2. The summed E-state index contributed by atoms with van der Waals surface area (Å²) in [6.07, 6.45) is 10.2. The van der Waals surface area contributed by atoms with Crippen molar-refractivity contribution in [3.8, 4) is 11.3 Å². The summed E-state index contributed by atoms with van der Waals surface area (Å²) in [7, 11) is 0. The lowest BCUT2D eigenvalue weighted by atomic mass is 9.88. The van der Waals surface area contributed by atoms with Crippen LogP contribution in [0.15, 0.2) is 36.5 Å². The standard InChI is InChI=1S/C22H27FN2/c1-16-13-22(17-8-10-19(23)11-9-17)24-14-21(16)18-5-4-12-25(15-18)20-6-2-3-7-20/h8-11,13-14,18,20H,2-7,12,15H2,1H3. The van der Waals surface area contributed by atoms with Gasteiger partial charge in [-0.15, -0.1) is 0 Å². The Labute approximate surface area is 150 Å². The Hall–Kier alpha value is -1.74. The van der Waals surface area contributed by atoms with Gasteiger partial charge < -0.3 is 0 Å². The van der Waals surface area contributed by atoms with Gasteiger partial charge >= 0.3 is 0 Å². The number of aromatic nitrogens is 1. The maximum absolute atomic E-state index is 13.1. The summed E-state index contributed by atoms with van der Waals surface area (Å²) >= 11 is 0. The Balaban J connectivity index is 1.53. The molecule has 1 saturated carbocycles. The number of benzene rings is 1. The zero-order chi connectivity index (χ0) is 17.2. The van der Waals surface area contributed by atoms with Gasteiger partial charge in [0.1, 0.15) is 5.82 Å². The highest BCUT2D eigenvalue weighted by Gasteiger charge is 2.29. The maximum Gasteiger partial charge on any atom is 0.123 e. The lowest BCUT2D eigenvalue weighted by Crippen LogP contribution is -2.40. The molecule has 2 fully saturated rings. The number of likely N-dealkylation sites (tertiary alicyclic amines) is 1. The average molecular weight is 338 g/mol. The van der Waals surface area contributed by atoms with Crippen molar-refractivity contribution in [1.29, 1.82) is 0 Å². The first-order valence-electron chi connectivity index (χ1n) is 9.67. The molecule has 0 N–H and O–H groups in total. The molecule has 1 atom stereocenters. The largest absolute Gasteiger partial charge is 0.300 e. The summed E-state index contributed by atoms with van der Waals surface area (Å²) in [5.74, 6) is 0.399. The average Bonchev–Trinajstić information content (AvgIpc) is 3.17. The fraction of sp³-hybridized carbons (Fsp3) is 0.500. The van der Waals surface area contributed by atoms with Gasteiger partial charge in [0, 0.05) is 24.3 Å². The minimum Gasteiger partial charge on any atom is -0.300 e. The Kier molecular flexibility index (Phi) is 4.85. The molecular weight excluding hydrogens is 311 g/mol. The van der Waals surface area contributed by atoms with Crippen molar-refractivity contribution in [2.75, 3.05) is 13.1 Å².